The van der Waals surface area contributed by atoms with Crippen LogP contribution in [0.2, 0.25) is 5.02 Å². The summed E-state index contributed by atoms with van der Waals surface area (Å²) in [6, 6.07) is 21.1. The Morgan fingerprint density at radius 1 is 0.811 bits per heavy atom. The highest BCUT2D eigenvalue weighted by atomic mass is 35.5. The lowest BCUT2D eigenvalue weighted by atomic mass is 9.91. The number of fused-ring (bicyclic) bond motifs is 1. The lowest BCUT2D eigenvalue weighted by molar-refractivity contribution is -0.144. The van der Waals surface area contributed by atoms with Gasteiger partial charge in [-0.1, -0.05) is 60.4 Å². The van der Waals surface area contributed by atoms with Crippen LogP contribution in [0.1, 0.15) is 143 Å². The average Bonchev–Trinajstić information content (AvgIpc) is 1.57. The van der Waals surface area contributed by atoms with Gasteiger partial charge in [-0.05, 0) is 163 Å². The molecular weight excluding hydrogens is 1470 g/mol. The molecule has 3 N–H and O–H groups in total. The second kappa shape index (κ2) is 34.6. The quantitative estimate of drug-likeness (QED) is 0.0363. The predicted molar refractivity (Wildman–Crippen MR) is 387 cm³/mol. The SMILES string of the molecule is CCOC(=O)C(Cl)Cc1cc(-n2nc(C)n(C(F)F)c2=O)c(F)cc1Cl.CCc1cc(C)cc(CC)c1-c1c(OC(=O)C(C)(C)C)n2n(c1=O)CCOCC2.COc1ccccc1C(=O)NS(=O)(=O)c1ccc(C(=O)NC2CC2)cc1.Cc1c(C(=O)c2cnn(C)c2O)ccc(S(C)(=O)=O)c1C1=NOCC1. The molecule has 27 nitrogen and oxygen atoms in total. The number of aryl methyl sites for hydroxylation is 5. The lowest BCUT2D eigenvalue weighted by Gasteiger charge is -2.19. The molecule has 5 heterocycles. The van der Waals surface area contributed by atoms with Crippen molar-refractivity contribution in [3.05, 3.63) is 184 Å². The first-order valence-electron chi connectivity index (χ1n) is 33.4. The number of amides is 2. The van der Waals surface area contributed by atoms with Gasteiger partial charge in [-0.2, -0.15) is 18.6 Å². The van der Waals surface area contributed by atoms with Crippen LogP contribution in [0.15, 0.2) is 116 Å². The number of alkyl halides is 3. The van der Waals surface area contributed by atoms with Crippen LogP contribution in [0.4, 0.5) is 13.2 Å². The highest BCUT2D eigenvalue weighted by molar-refractivity contribution is 7.91. The third-order valence-electron chi connectivity index (χ3n) is 16.8. The van der Waals surface area contributed by atoms with E-state index in [0.717, 1.165) is 60.8 Å². The summed E-state index contributed by atoms with van der Waals surface area (Å²) in [5, 5.41) is 23.1. The van der Waals surface area contributed by atoms with E-state index in [0.29, 0.717) is 77.9 Å². The molecule has 1 atom stereocenters. The summed E-state index contributed by atoms with van der Waals surface area (Å²) >= 11 is 11.9. The Labute approximate surface area is 619 Å². The van der Waals surface area contributed by atoms with Crippen molar-refractivity contribution < 1.29 is 82.9 Å². The van der Waals surface area contributed by atoms with Crippen molar-refractivity contribution in [2.45, 2.75) is 142 Å². The van der Waals surface area contributed by atoms with Gasteiger partial charge in [0.25, 0.3) is 27.4 Å². The maximum Gasteiger partial charge on any atom is 0.355 e. The van der Waals surface area contributed by atoms with Gasteiger partial charge in [0.15, 0.2) is 21.4 Å². The number of nitrogens with zero attached hydrogens (tertiary/aromatic N) is 8. The molecule has 0 bridgehead atoms. The number of oxime groups is 1. The summed E-state index contributed by atoms with van der Waals surface area (Å²) < 4.78 is 118. The number of sulfonamides is 1. The van der Waals surface area contributed by atoms with Crippen molar-refractivity contribution in [1.29, 1.82) is 0 Å². The summed E-state index contributed by atoms with van der Waals surface area (Å²) in [6.07, 6.45) is 6.25. The topological polar surface area (TPSA) is 341 Å². The fraction of sp³-hybridized carbons (Fsp3) is 0.389. The number of aromatic nitrogens is 7. The third kappa shape index (κ3) is 19.0. The molecule has 3 aliphatic rings. The summed E-state index contributed by atoms with van der Waals surface area (Å²) in [4.78, 5) is 92.0. The van der Waals surface area contributed by atoms with Crippen molar-refractivity contribution >= 4 is 78.3 Å². The molecule has 1 aliphatic carbocycles. The molecule has 106 heavy (non-hydrogen) atoms. The number of halogens is 5. The summed E-state index contributed by atoms with van der Waals surface area (Å²) in [5.41, 5.74) is 4.77. The Morgan fingerprint density at radius 2 is 1.45 bits per heavy atom. The van der Waals surface area contributed by atoms with E-state index in [1.165, 1.54) is 80.0 Å². The number of carbonyl (C=O) groups is 5. The zero-order valence-corrected chi connectivity index (χ0v) is 63.3. The Hall–Kier alpha value is -9.89. The number of sulfone groups is 1. The van der Waals surface area contributed by atoms with Crippen LogP contribution in [0.3, 0.4) is 0 Å². The van der Waals surface area contributed by atoms with E-state index in [-0.39, 0.29) is 101 Å². The number of hydrogen-bond donors (Lipinski definition) is 3. The maximum atomic E-state index is 14.2. The van der Waals surface area contributed by atoms with E-state index < -0.39 is 66.4 Å². The molecule has 2 amide bonds. The standard InChI is InChI=1S/C23H32N2O4.C18H18N2O5S.C16H17N3O5S.C15H14Cl2F3N3O3/c1-7-16-13-15(3)14-17(8-2)18(16)19-20(26)24-9-11-28-12-10-25(24)21(19)29-22(27)23(4,5)6;1-25-16-5-3-2-4-15(16)18(22)20-26(23,24)14-10-6-12(7-11-14)17(21)19-13-8-9-13;1-9-10(15(20)11-8-17-19(2)16(11)21)4-5-13(25(3,22)23)14(9)12-6-7-24-18-12;1-3-26-13(24)10(17)4-8-5-12(11(18)6-9(8)16)23-15(25)22(14(19)20)7(2)21-23/h13-14H,7-12H2,1-6H3;2-7,10-11,13H,8-9H2,1H3,(H,19,21)(H,20,22);4-5,8,21H,6-7H2,1-3H3;5-6,10,14H,3-4H2,1-2H3. The molecule has 0 radical (unpaired) electrons. The number of carbonyl (C=O) groups excluding carboxylic acids is 5. The minimum absolute atomic E-state index is 0.0424. The normalized spacial score (nSPS) is 13.7. The number of nitrogens with one attached hydrogen (secondary N) is 2. The molecule has 5 aromatic carbocycles. The molecule has 568 valence electrons. The first kappa shape index (κ1) is 81.8. The van der Waals surface area contributed by atoms with Crippen LogP contribution >= 0.6 is 23.2 Å². The van der Waals surface area contributed by atoms with E-state index in [2.05, 4.69) is 53.6 Å². The lowest BCUT2D eigenvalue weighted by Crippen LogP contribution is -2.31. The first-order chi connectivity index (χ1) is 50.0. The van der Waals surface area contributed by atoms with Crippen molar-refractivity contribution in [2.24, 2.45) is 17.6 Å². The summed E-state index contributed by atoms with van der Waals surface area (Å²) in [5.74, 6) is -3.39. The maximum absolute atomic E-state index is 14.2. The number of para-hydroxylation sites is 1. The van der Waals surface area contributed by atoms with E-state index >= 15 is 0 Å². The van der Waals surface area contributed by atoms with Gasteiger partial charge >= 0.3 is 24.2 Å². The smallest absolute Gasteiger partial charge is 0.355 e. The molecule has 34 heteroatoms. The summed E-state index contributed by atoms with van der Waals surface area (Å²) in [7, 11) is -4.68. The van der Waals surface area contributed by atoms with Crippen molar-refractivity contribution in [2.75, 3.05) is 39.8 Å². The van der Waals surface area contributed by atoms with Crippen molar-refractivity contribution in [3.8, 4) is 34.3 Å². The van der Waals surface area contributed by atoms with Gasteiger partial charge in [-0.3, -0.25) is 28.8 Å². The first-order valence-corrected chi connectivity index (χ1v) is 37.6. The minimum atomic E-state index is -4.07. The van der Waals surface area contributed by atoms with Crippen LogP contribution in [0, 0.1) is 32.0 Å². The van der Waals surface area contributed by atoms with Crippen LogP contribution < -0.4 is 30.8 Å². The third-order valence-corrected chi connectivity index (χ3v) is 20.0. The molecule has 8 aromatic rings. The van der Waals surface area contributed by atoms with Gasteiger partial charge in [0.05, 0.1) is 72.7 Å². The molecular formula is C72H81Cl2F3N10O17S2. The fourth-order valence-corrected chi connectivity index (χ4v) is 13.6. The highest BCUT2D eigenvalue weighted by Crippen LogP contribution is 2.37. The van der Waals surface area contributed by atoms with Crippen molar-refractivity contribution in [1.82, 2.24) is 43.5 Å². The van der Waals surface area contributed by atoms with Gasteiger partial charge in [0.1, 0.15) is 40.4 Å². The van der Waals surface area contributed by atoms with Crippen LogP contribution in [0.25, 0.3) is 16.8 Å². The highest BCUT2D eigenvalue weighted by Gasteiger charge is 2.34. The molecule has 1 unspecified atom stereocenters. The molecule has 2 aliphatic heterocycles. The number of benzene rings is 5. The summed E-state index contributed by atoms with van der Waals surface area (Å²) in [6.45, 7) is 15.4. The van der Waals surface area contributed by atoms with E-state index in [4.69, 9.17) is 47.0 Å². The van der Waals surface area contributed by atoms with Crippen molar-refractivity contribution in [3.63, 3.8) is 0 Å². The van der Waals surface area contributed by atoms with Gasteiger partial charge in [-0.25, -0.2) is 49.4 Å². The Bertz CT molecular complexity index is 5030. The number of methoxy groups -OCH3 is 1. The second-order valence-electron chi connectivity index (χ2n) is 25.6. The van der Waals surface area contributed by atoms with Crippen LogP contribution in [0.5, 0.6) is 17.5 Å². The number of rotatable bonds is 20. The van der Waals surface area contributed by atoms with Gasteiger partial charge in [-0.15, -0.1) is 16.7 Å². The number of hydrogen-bond acceptors (Lipinski definition) is 20. The minimum Gasteiger partial charge on any atom is -0.496 e. The largest absolute Gasteiger partial charge is 0.496 e. The molecule has 1 saturated carbocycles. The Kier molecular flexibility index (Phi) is 26.7. The zero-order valence-electron chi connectivity index (χ0n) is 60.1. The fourth-order valence-electron chi connectivity index (χ4n) is 11.2. The van der Waals surface area contributed by atoms with E-state index in [9.17, 15) is 68.7 Å². The predicted octanol–water partition coefficient (Wildman–Crippen LogP) is 9.87. The number of ketones is 1. The number of esters is 2. The average molecular weight is 1550 g/mol. The van der Waals surface area contributed by atoms with E-state index in [1.807, 2.05) is 25.5 Å². The van der Waals surface area contributed by atoms with Gasteiger partial charge in [0.2, 0.25) is 11.8 Å². The molecule has 0 spiro atoms. The Morgan fingerprint density at radius 3 is 2.00 bits per heavy atom. The number of ether oxygens (including phenoxy) is 4. The number of aromatic hydroxyl groups is 1. The van der Waals surface area contributed by atoms with Gasteiger partial charge < -0.3 is 34.2 Å². The van der Waals surface area contributed by atoms with Crippen LogP contribution in [-0.2, 0) is 83.2 Å². The van der Waals surface area contributed by atoms with Gasteiger partial charge in [0, 0.05) is 53.9 Å². The molecule has 11 rings (SSSR count). The molecule has 1 fully saturated rings. The van der Waals surface area contributed by atoms with Crippen LogP contribution in [-0.4, -0.2) is 142 Å². The Balaban J connectivity index is 0.000000179. The molecule has 0 saturated heterocycles. The van der Waals surface area contributed by atoms with E-state index in [1.54, 1.807) is 41.4 Å². The zero-order chi connectivity index (χ0) is 78.0. The molecule has 3 aromatic heterocycles. The monoisotopic (exact) mass is 1550 g/mol. The second-order valence-corrected chi connectivity index (χ2v) is 30.2.